The first-order chi connectivity index (χ1) is 7.17. The molecule has 0 aliphatic rings. The molecule has 0 aliphatic carbocycles. The van der Waals surface area contributed by atoms with E-state index in [2.05, 4.69) is 9.93 Å². The number of hydrazone groups is 1. The molecule has 1 aromatic rings. The van der Waals surface area contributed by atoms with Crippen molar-refractivity contribution in [1.29, 1.82) is 0 Å². The van der Waals surface area contributed by atoms with Crippen LogP contribution in [0.3, 0.4) is 0 Å². The van der Waals surface area contributed by atoms with Crippen molar-refractivity contribution in [2.24, 2.45) is 5.10 Å². The summed E-state index contributed by atoms with van der Waals surface area (Å²) in [7, 11) is -3.49. The lowest BCUT2D eigenvalue weighted by atomic mass is 10.4. The number of nitrogens with one attached hydrogen (secondary N) is 1. The lowest BCUT2D eigenvalue weighted by Crippen LogP contribution is -2.18. The summed E-state index contributed by atoms with van der Waals surface area (Å²) < 4.78 is 23.1. The predicted octanol–water partition coefficient (Wildman–Crippen LogP) is 1.75. The highest BCUT2D eigenvalue weighted by Gasteiger charge is 2.10. The summed E-state index contributed by atoms with van der Waals surface area (Å²) >= 11 is 0. The van der Waals surface area contributed by atoms with E-state index in [4.69, 9.17) is 0 Å². The van der Waals surface area contributed by atoms with Crippen LogP contribution in [0.15, 0.2) is 40.3 Å². The van der Waals surface area contributed by atoms with Gasteiger partial charge < -0.3 is 0 Å². The van der Waals surface area contributed by atoms with Gasteiger partial charge in [-0.25, -0.2) is 4.83 Å². The molecule has 1 aromatic carbocycles. The van der Waals surface area contributed by atoms with Crippen molar-refractivity contribution in [3.63, 3.8) is 0 Å². The Balaban J connectivity index is 2.69. The normalized spacial score (nSPS) is 11.8. The van der Waals surface area contributed by atoms with Crippen molar-refractivity contribution < 1.29 is 8.42 Å². The Kier molecular flexibility index (Phi) is 4.30. The van der Waals surface area contributed by atoms with Crippen LogP contribution in [-0.2, 0) is 10.0 Å². The largest absolute Gasteiger partial charge is 0.276 e. The maximum atomic E-state index is 11.6. The maximum absolute atomic E-state index is 11.6. The minimum Gasteiger partial charge on any atom is -0.200 e. The lowest BCUT2D eigenvalue weighted by Gasteiger charge is -2.01. The van der Waals surface area contributed by atoms with Crippen molar-refractivity contribution in [2.45, 2.75) is 24.7 Å². The Morgan fingerprint density at radius 2 is 2.00 bits per heavy atom. The number of nitrogens with zero attached hydrogens (tertiary/aromatic N) is 1. The maximum Gasteiger partial charge on any atom is 0.276 e. The van der Waals surface area contributed by atoms with Gasteiger partial charge in [0.1, 0.15) is 0 Å². The summed E-state index contributed by atoms with van der Waals surface area (Å²) in [4.78, 5) is 2.37. The zero-order valence-electron chi connectivity index (χ0n) is 8.55. The van der Waals surface area contributed by atoms with Crippen molar-refractivity contribution in [3.05, 3.63) is 30.3 Å². The van der Waals surface area contributed by atoms with Crippen molar-refractivity contribution in [2.75, 3.05) is 0 Å². The Morgan fingerprint density at radius 3 is 2.60 bits per heavy atom. The molecule has 0 amide bonds. The molecule has 0 saturated heterocycles. The van der Waals surface area contributed by atoms with E-state index in [1.807, 2.05) is 6.92 Å². The first kappa shape index (κ1) is 11.7. The van der Waals surface area contributed by atoms with Gasteiger partial charge in [-0.1, -0.05) is 31.5 Å². The van der Waals surface area contributed by atoms with E-state index in [1.165, 1.54) is 12.1 Å². The molecular weight excluding hydrogens is 212 g/mol. The molecule has 0 heterocycles. The summed E-state index contributed by atoms with van der Waals surface area (Å²) in [5.41, 5.74) is 0. The third-order valence-electron chi connectivity index (χ3n) is 1.74. The average molecular weight is 226 g/mol. The van der Waals surface area contributed by atoms with E-state index in [9.17, 15) is 8.42 Å². The second-order valence-corrected chi connectivity index (χ2v) is 4.67. The molecule has 1 N–H and O–H groups in total. The zero-order chi connectivity index (χ0) is 11.1. The standard InChI is InChI=1S/C10H14N2O2S/c1-2-3-9-11-12-15(13,14)10-7-5-4-6-8-10/h4-9,12H,2-3H2,1H3. The fourth-order valence-electron chi connectivity index (χ4n) is 0.953. The van der Waals surface area contributed by atoms with E-state index in [-0.39, 0.29) is 4.90 Å². The van der Waals surface area contributed by atoms with Crippen LogP contribution in [0.25, 0.3) is 0 Å². The van der Waals surface area contributed by atoms with Crippen LogP contribution in [0.4, 0.5) is 0 Å². The summed E-state index contributed by atoms with van der Waals surface area (Å²) in [5, 5.41) is 3.65. The lowest BCUT2D eigenvalue weighted by molar-refractivity contribution is 0.584. The van der Waals surface area contributed by atoms with Crippen molar-refractivity contribution >= 4 is 16.2 Å². The Labute approximate surface area is 90.1 Å². The number of sulfonamides is 1. The molecule has 0 fully saturated rings. The topological polar surface area (TPSA) is 58.5 Å². The highest BCUT2D eigenvalue weighted by Crippen LogP contribution is 2.06. The smallest absolute Gasteiger partial charge is 0.200 e. The molecule has 0 aromatic heterocycles. The van der Waals surface area contributed by atoms with Crippen LogP contribution >= 0.6 is 0 Å². The number of unbranched alkanes of at least 4 members (excludes halogenated alkanes) is 1. The number of hydrogen-bond donors (Lipinski definition) is 1. The molecule has 0 radical (unpaired) electrons. The van der Waals surface area contributed by atoms with Crippen molar-refractivity contribution in [1.82, 2.24) is 4.83 Å². The van der Waals surface area contributed by atoms with Crippen LogP contribution in [0.1, 0.15) is 19.8 Å². The second-order valence-electron chi connectivity index (χ2n) is 3.01. The quantitative estimate of drug-likeness (QED) is 0.614. The minimum atomic E-state index is -3.49. The molecule has 0 spiro atoms. The monoisotopic (exact) mass is 226 g/mol. The first-order valence-electron chi connectivity index (χ1n) is 4.75. The molecule has 0 bridgehead atoms. The van der Waals surface area contributed by atoms with Gasteiger partial charge in [0.25, 0.3) is 10.0 Å². The Bertz CT molecular complexity index is 412. The minimum absolute atomic E-state index is 0.221. The first-order valence-corrected chi connectivity index (χ1v) is 6.23. The van der Waals surface area contributed by atoms with Gasteiger partial charge in [-0.3, -0.25) is 0 Å². The molecular formula is C10H14N2O2S. The third-order valence-corrected chi connectivity index (χ3v) is 2.97. The zero-order valence-corrected chi connectivity index (χ0v) is 9.37. The molecule has 1 rings (SSSR count). The van der Waals surface area contributed by atoms with E-state index in [1.54, 1.807) is 24.4 Å². The van der Waals surface area contributed by atoms with Crippen LogP contribution < -0.4 is 4.83 Å². The van der Waals surface area contributed by atoms with Crippen LogP contribution in [-0.4, -0.2) is 14.6 Å². The van der Waals surface area contributed by atoms with Gasteiger partial charge in [-0.05, 0) is 18.6 Å². The molecule has 15 heavy (non-hydrogen) atoms. The van der Waals surface area contributed by atoms with Gasteiger partial charge >= 0.3 is 0 Å². The van der Waals surface area contributed by atoms with Gasteiger partial charge in [0.15, 0.2) is 0 Å². The summed E-state index contributed by atoms with van der Waals surface area (Å²) in [6.45, 7) is 2.00. The van der Waals surface area contributed by atoms with Crippen LogP contribution in [0, 0.1) is 0 Å². The summed E-state index contributed by atoms with van der Waals surface area (Å²) in [6.07, 6.45) is 3.26. The second kappa shape index (κ2) is 5.50. The molecule has 0 saturated carbocycles. The van der Waals surface area contributed by atoms with E-state index in [0.717, 1.165) is 12.8 Å². The summed E-state index contributed by atoms with van der Waals surface area (Å²) in [5.74, 6) is 0. The van der Waals surface area contributed by atoms with E-state index < -0.39 is 10.0 Å². The molecule has 82 valence electrons. The van der Waals surface area contributed by atoms with Gasteiger partial charge in [0, 0.05) is 6.21 Å². The van der Waals surface area contributed by atoms with E-state index >= 15 is 0 Å². The molecule has 4 nitrogen and oxygen atoms in total. The Hall–Kier alpha value is -1.36. The fraction of sp³-hybridized carbons (Fsp3) is 0.300. The van der Waals surface area contributed by atoms with Crippen LogP contribution in [0.2, 0.25) is 0 Å². The Morgan fingerprint density at radius 1 is 1.33 bits per heavy atom. The SMILES string of the molecule is CCCC=NNS(=O)(=O)c1ccccc1. The van der Waals surface area contributed by atoms with Gasteiger partial charge in [-0.2, -0.15) is 13.5 Å². The average Bonchev–Trinajstić information content (AvgIpc) is 2.26. The molecule has 0 aliphatic heterocycles. The van der Waals surface area contributed by atoms with Gasteiger partial charge in [0.2, 0.25) is 0 Å². The fourth-order valence-corrected chi connectivity index (χ4v) is 1.79. The van der Waals surface area contributed by atoms with Gasteiger partial charge in [-0.15, -0.1) is 0 Å². The summed E-state index contributed by atoms with van der Waals surface area (Å²) in [6, 6.07) is 8.16. The van der Waals surface area contributed by atoms with E-state index in [0.29, 0.717) is 0 Å². The molecule has 0 atom stereocenters. The highest BCUT2D eigenvalue weighted by molar-refractivity contribution is 7.89. The molecule has 0 unspecified atom stereocenters. The number of rotatable bonds is 5. The molecule has 5 heteroatoms. The highest BCUT2D eigenvalue weighted by atomic mass is 32.2. The van der Waals surface area contributed by atoms with Gasteiger partial charge in [0.05, 0.1) is 4.90 Å². The third kappa shape index (κ3) is 3.71. The van der Waals surface area contributed by atoms with Crippen LogP contribution in [0.5, 0.6) is 0 Å². The number of benzene rings is 1. The predicted molar refractivity (Wildman–Crippen MR) is 60.2 cm³/mol. The number of hydrogen-bond acceptors (Lipinski definition) is 3. The van der Waals surface area contributed by atoms with Crippen molar-refractivity contribution in [3.8, 4) is 0 Å².